The number of carbonyl (C=O) groups is 1. The summed E-state index contributed by atoms with van der Waals surface area (Å²) in [7, 11) is 0. The molecule has 1 amide bonds. The number of nitrogens with zero attached hydrogens (tertiary/aromatic N) is 3. The first-order valence-electron chi connectivity index (χ1n) is 9.88. The Labute approximate surface area is 181 Å². The van der Waals surface area contributed by atoms with E-state index in [2.05, 4.69) is 30.2 Å². The number of hydrogen-bond donors (Lipinski definition) is 1. The molecule has 2 aromatic heterocycles. The number of aromatic nitrogens is 2. The van der Waals surface area contributed by atoms with E-state index >= 15 is 0 Å². The average molecular weight is 425 g/mol. The Morgan fingerprint density at radius 1 is 1.30 bits per heavy atom. The second-order valence-corrected chi connectivity index (χ2v) is 8.18. The van der Waals surface area contributed by atoms with Crippen LogP contribution in [0.25, 0.3) is 5.65 Å². The van der Waals surface area contributed by atoms with Crippen molar-refractivity contribution in [3.05, 3.63) is 64.1 Å². The molecule has 0 bridgehead atoms. The van der Waals surface area contributed by atoms with Gasteiger partial charge in [-0.25, -0.2) is 4.98 Å². The third-order valence-corrected chi connectivity index (χ3v) is 5.02. The van der Waals surface area contributed by atoms with Gasteiger partial charge in [0.15, 0.2) is 11.4 Å². The highest BCUT2D eigenvalue weighted by atomic mass is 35.5. The highest BCUT2D eigenvalue weighted by molar-refractivity contribution is 6.30. The Morgan fingerprint density at radius 3 is 2.63 bits per heavy atom. The molecule has 0 spiro atoms. The third kappa shape index (κ3) is 4.74. The Kier molecular flexibility index (Phi) is 6.63. The maximum absolute atomic E-state index is 13.1. The van der Waals surface area contributed by atoms with Crippen molar-refractivity contribution in [2.45, 2.75) is 40.2 Å². The fraction of sp³-hybridized carbons (Fsp3) is 0.348. The molecule has 0 fully saturated rings. The molecule has 0 radical (unpaired) electrons. The van der Waals surface area contributed by atoms with E-state index in [1.54, 1.807) is 35.6 Å². The van der Waals surface area contributed by atoms with Crippen LogP contribution in [0.15, 0.2) is 36.5 Å². The highest BCUT2D eigenvalue weighted by Gasteiger charge is 2.22. The minimum Gasteiger partial charge on any atom is -0.490 e. The molecule has 1 atom stereocenters. The largest absolute Gasteiger partial charge is 0.490 e. The summed E-state index contributed by atoms with van der Waals surface area (Å²) in [6, 6.07) is 10.1. The van der Waals surface area contributed by atoms with Gasteiger partial charge < -0.3 is 10.1 Å². The number of fused-ring (bicyclic) bond motifs is 1. The number of halogens is 1. The zero-order chi connectivity index (χ0) is 21.8. The zero-order valence-electron chi connectivity index (χ0n) is 17.6. The zero-order valence-corrected chi connectivity index (χ0v) is 18.3. The quantitative estimate of drug-likeness (QED) is 0.577. The third-order valence-electron chi connectivity index (χ3n) is 4.77. The molecular weight excluding hydrogens is 400 g/mol. The molecule has 0 aliphatic rings. The van der Waals surface area contributed by atoms with E-state index in [4.69, 9.17) is 16.3 Å². The number of aryl methyl sites for hydroxylation is 2. The SMILES string of the molecule is Cc1cc(OCCC(C)C)c2nc(C)c(C(=O)NC(C#N)c3ccc(Cl)cc3)n2c1. The monoisotopic (exact) mass is 424 g/mol. The van der Waals surface area contributed by atoms with Crippen molar-refractivity contribution in [3.63, 3.8) is 0 Å². The smallest absolute Gasteiger partial charge is 0.271 e. The molecular formula is C23H25ClN4O2. The lowest BCUT2D eigenvalue weighted by molar-refractivity contribution is 0.0938. The number of amides is 1. The van der Waals surface area contributed by atoms with Gasteiger partial charge in [0.25, 0.3) is 5.91 Å². The Hall–Kier alpha value is -3.04. The van der Waals surface area contributed by atoms with Crippen molar-refractivity contribution >= 4 is 23.2 Å². The molecule has 0 saturated heterocycles. The van der Waals surface area contributed by atoms with Crippen LogP contribution in [0.5, 0.6) is 5.75 Å². The number of hydrogen-bond acceptors (Lipinski definition) is 4. The van der Waals surface area contributed by atoms with E-state index in [1.807, 2.05) is 19.2 Å². The number of pyridine rings is 1. The first kappa shape index (κ1) is 21.7. The van der Waals surface area contributed by atoms with Crippen molar-refractivity contribution in [3.8, 4) is 11.8 Å². The van der Waals surface area contributed by atoms with Gasteiger partial charge >= 0.3 is 0 Å². The number of benzene rings is 1. The second-order valence-electron chi connectivity index (χ2n) is 7.74. The first-order chi connectivity index (χ1) is 14.3. The number of nitriles is 1. The van der Waals surface area contributed by atoms with Gasteiger partial charge in [0, 0.05) is 11.2 Å². The fourth-order valence-corrected chi connectivity index (χ4v) is 3.31. The molecule has 7 heteroatoms. The van der Waals surface area contributed by atoms with Crippen LogP contribution in [0.1, 0.15) is 53.6 Å². The standard InChI is InChI=1S/C23H25ClN4O2/c1-14(2)9-10-30-20-11-15(3)13-28-21(16(4)26-22(20)28)23(29)27-19(12-25)17-5-7-18(24)8-6-17/h5-8,11,13-14,19H,9-10H2,1-4H3,(H,27,29). The lowest BCUT2D eigenvalue weighted by Crippen LogP contribution is -2.29. The van der Waals surface area contributed by atoms with Crippen LogP contribution in [-0.2, 0) is 0 Å². The molecule has 2 heterocycles. The maximum atomic E-state index is 13.1. The minimum atomic E-state index is -0.800. The molecule has 30 heavy (non-hydrogen) atoms. The van der Waals surface area contributed by atoms with Gasteiger partial charge in [-0.2, -0.15) is 5.26 Å². The van der Waals surface area contributed by atoms with Crippen LogP contribution in [0.2, 0.25) is 5.02 Å². The number of rotatable bonds is 7. The van der Waals surface area contributed by atoms with Gasteiger partial charge in [0.05, 0.1) is 18.4 Å². The van der Waals surface area contributed by atoms with E-state index in [1.165, 1.54) is 0 Å². The van der Waals surface area contributed by atoms with Gasteiger partial charge in [0.1, 0.15) is 11.7 Å². The maximum Gasteiger partial charge on any atom is 0.271 e. The van der Waals surface area contributed by atoms with Crippen LogP contribution in [0, 0.1) is 31.1 Å². The molecule has 0 aliphatic heterocycles. The number of imidazole rings is 1. The molecule has 1 unspecified atom stereocenters. The summed E-state index contributed by atoms with van der Waals surface area (Å²) in [5.74, 6) is 0.803. The lowest BCUT2D eigenvalue weighted by Gasteiger charge is -2.13. The van der Waals surface area contributed by atoms with Gasteiger partial charge in [-0.3, -0.25) is 9.20 Å². The lowest BCUT2D eigenvalue weighted by atomic mass is 10.1. The second kappa shape index (κ2) is 9.19. The Bertz CT molecular complexity index is 1100. The van der Waals surface area contributed by atoms with Gasteiger partial charge in [-0.05, 0) is 55.5 Å². The van der Waals surface area contributed by atoms with Gasteiger partial charge in [-0.1, -0.05) is 37.6 Å². The first-order valence-corrected chi connectivity index (χ1v) is 10.3. The van der Waals surface area contributed by atoms with Gasteiger partial charge in [-0.15, -0.1) is 0 Å². The average Bonchev–Trinajstić information content (AvgIpc) is 3.02. The van der Waals surface area contributed by atoms with E-state index in [0.717, 1.165) is 12.0 Å². The normalized spacial score (nSPS) is 12.0. The number of nitrogens with one attached hydrogen (secondary N) is 1. The number of ether oxygens (including phenoxy) is 1. The topological polar surface area (TPSA) is 79.4 Å². The summed E-state index contributed by atoms with van der Waals surface area (Å²) in [4.78, 5) is 17.7. The summed E-state index contributed by atoms with van der Waals surface area (Å²) in [5, 5.41) is 12.9. The molecule has 6 nitrogen and oxygen atoms in total. The predicted octanol–water partition coefficient (Wildman–Crippen LogP) is 5.02. The molecule has 1 aromatic carbocycles. The summed E-state index contributed by atoms with van der Waals surface area (Å²) in [5.41, 5.74) is 3.15. The van der Waals surface area contributed by atoms with Crippen LogP contribution >= 0.6 is 11.6 Å². The summed E-state index contributed by atoms with van der Waals surface area (Å²) in [6.45, 7) is 8.58. The molecule has 1 N–H and O–H groups in total. The van der Waals surface area contributed by atoms with E-state index < -0.39 is 6.04 Å². The van der Waals surface area contributed by atoms with Crippen molar-refractivity contribution < 1.29 is 9.53 Å². The minimum absolute atomic E-state index is 0.375. The molecule has 3 aromatic rings. The number of carbonyl (C=O) groups excluding carboxylic acids is 1. The molecule has 156 valence electrons. The molecule has 0 aliphatic carbocycles. The van der Waals surface area contributed by atoms with Crippen molar-refractivity contribution in [2.75, 3.05) is 6.61 Å². The summed E-state index contributed by atoms with van der Waals surface area (Å²) < 4.78 is 7.70. The van der Waals surface area contributed by atoms with E-state index in [-0.39, 0.29) is 5.91 Å². The molecule has 3 rings (SSSR count). The van der Waals surface area contributed by atoms with E-state index in [9.17, 15) is 10.1 Å². The van der Waals surface area contributed by atoms with Crippen molar-refractivity contribution in [1.82, 2.24) is 14.7 Å². The Balaban J connectivity index is 1.92. The van der Waals surface area contributed by atoms with Gasteiger partial charge in [0.2, 0.25) is 0 Å². The summed E-state index contributed by atoms with van der Waals surface area (Å²) >= 11 is 5.92. The van der Waals surface area contributed by atoms with Crippen molar-refractivity contribution in [1.29, 1.82) is 5.26 Å². The highest BCUT2D eigenvalue weighted by Crippen LogP contribution is 2.25. The molecule has 0 saturated carbocycles. The van der Waals surface area contributed by atoms with Crippen LogP contribution in [-0.4, -0.2) is 21.9 Å². The van der Waals surface area contributed by atoms with Crippen molar-refractivity contribution in [2.24, 2.45) is 5.92 Å². The van der Waals surface area contributed by atoms with Crippen LogP contribution in [0.3, 0.4) is 0 Å². The summed E-state index contributed by atoms with van der Waals surface area (Å²) in [6.07, 6.45) is 2.78. The van der Waals surface area contributed by atoms with E-state index in [0.29, 0.717) is 45.9 Å². The fourth-order valence-electron chi connectivity index (χ4n) is 3.19. The Morgan fingerprint density at radius 2 is 2.00 bits per heavy atom. The predicted molar refractivity (Wildman–Crippen MR) is 117 cm³/mol. The van der Waals surface area contributed by atoms with Crippen LogP contribution < -0.4 is 10.1 Å². The van der Waals surface area contributed by atoms with Crippen LogP contribution in [0.4, 0.5) is 0 Å².